The highest BCUT2D eigenvalue weighted by molar-refractivity contribution is 5.82. The van der Waals surface area contributed by atoms with Crippen LogP contribution in [0.5, 0.6) is 5.75 Å². The summed E-state index contributed by atoms with van der Waals surface area (Å²) in [5.74, 6) is 0.580. The Hall–Kier alpha value is -2.75. The molecule has 1 heterocycles. The molecule has 2 aromatic carbocycles. The standard InChI is InChI=1S/C20H22N2O2/c1-14-4-7-18(8-5-14)24-13-20(23)21-12-16-6-9-19-17(11-16)10-15(2)22(19)3/h4-11H,12-13H2,1-3H3,(H,21,23). The summed E-state index contributed by atoms with van der Waals surface area (Å²) in [5.41, 5.74) is 4.66. The fourth-order valence-corrected chi connectivity index (χ4v) is 2.68. The fraction of sp³-hybridized carbons (Fsp3) is 0.250. The van der Waals surface area contributed by atoms with Gasteiger partial charge in [-0.05, 0) is 49.7 Å². The van der Waals surface area contributed by atoms with Gasteiger partial charge in [0.05, 0.1) is 0 Å². The highest BCUT2D eigenvalue weighted by atomic mass is 16.5. The molecular formula is C20H22N2O2. The van der Waals surface area contributed by atoms with Gasteiger partial charge < -0.3 is 14.6 Å². The molecule has 3 aromatic rings. The van der Waals surface area contributed by atoms with Crippen LogP contribution < -0.4 is 10.1 Å². The summed E-state index contributed by atoms with van der Waals surface area (Å²) < 4.78 is 7.64. The van der Waals surface area contributed by atoms with E-state index >= 15 is 0 Å². The summed E-state index contributed by atoms with van der Waals surface area (Å²) in [4.78, 5) is 11.9. The zero-order valence-electron chi connectivity index (χ0n) is 14.3. The third-order valence-corrected chi connectivity index (χ3v) is 4.23. The predicted octanol–water partition coefficient (Wildman–Crippen LogP) is 3.49. The molecule has 0 spiro atoms. The van der Waals surface area contributed by atoms with Crippen molar-refractivity contribution in [3.05, 3.63) is 65.4 Å². The largest absolute Gasteiger partial charge is 0.484 e. The van der Waals surface area contributed by atoms with E-state index in [-0.39, 0.29) is 12.5 Å². The van der Waals surface area contributed by atoms with Crippen molar-refractivity contribution in [2.45, 2.75) is 20.4 Å². The Labute approximate surface area is 142 Å². The number of benzene rings is 2. The number of hydrogen-bond acceptors (Lipinski definition) is 2. The van der Waals surface area contributed by atoms with Gasteiger partial charge in [0.15, 0.2) is 6.61 Å². The lowest BCUT2D eigenvalue weighted by Crippen LogP contribution is -2.28. The monoisotopic (exact) mass is 322 g/mol. The van der Waals surface area contributed by atoms with Gasteiger partial charge in [-0.25, -0.2) is 0 Å². The van der Waals surface area contributed by atoms with Crippen LogP contribution in [0.15, 0.2) is 48.5 Å². The SMILES string of the molecule is Cc1ccc(OCC(=O)NCc2ccc3c(c2)cc(C)n3C)cc1. The Kier molecular flexibility index (Phi) is 4.56. The van der Waals surface area contributed by atoms with Gasteiger partial charge in [0, 0.05) is 30.2 Å². The quantitative estimate of drug-likeness (QED) is 0.781. The molecule has 4 nitrogen and oxygen atoms in total. The first-order valence-electron chi connectivity index (χ1n) is 8.04. The van der Waals surface area contributed by atoms with Gasteiger partial charge >= 0.3 is 0 Å². The van der Waals surface area contributed by atoms with E-state index in [1.165, 1.54) is 22.2 Å². The lowest BCUT2D eigenvalue weighted by atomic mass is 10.1. The third kappa shape index (κ3) is 3.59. The number of carbonyl (C=O) groups excluding carboxylic acids is 1. The molecule has 24 heavy (non-hydrogen) atoms. The summed E-state index contributed by atoms with van der Waals surface area (Å²) in [6.45, 7) is 4.63. The van der Waals surface area contributed by atoms with Gasteiger partial charge in [-0.15, -0.1) is 0 Å². The van der Waals surface area contributed by atoms with Crippen molar-refractivity contribution < 1.29 is 9.53 Å². The van der Waals surface area contributed by atoms with E-state index in [0.29, 0.717) is 12.3 Å². The Morgan fingerprint density at radius 3 is 2.58 bits per heavy atom. The van der Waals surface area contributed by atoms with E-state index in [2.05, 4.69) is 42.1 Å². The van der Waals surface area contributed by atoms with Crippen LogP contribution in [0.4, 0.5) is 0 Å². The molecule has 0 saturated carbocycles. The second-order valence-corrected chi connectivity index (χ2v) is 6.12. The lowest BCUT2D eigenvalue weighted by molar-refractivity contribution is -0.123. The minimum atomic E-state index is -0.125. The molecule has 4 heteroatoms. The van der Waals surface area contributed by atoms with E-state index in [0.717, 1.165) is 5.56 Å². The van der Waals surface area contributed by atoms with Gasteiger partial charge in [0.1, 0.15) is 5.75 Å². The van der Waals surface area contributed by atoms with E-state index in [4.69, 9.17) is 4.74 Å². The molecule has 1 aromatic heterocycles. The number of hydrogen-bond donors (Lipinski definition) is 1. The third-order valence-electron chi connectivity index (χ3n) is 4.23. The molecule has 1 amide bonds. The van der Waals surface area contributed by atoms with E-state index in [9.17, 15) is 4.79 Å². The number of ether oxygens (including phenoxy) is 1. The summed E-state index contributed by atoms with van der Waals surface area (Å²) in [5, 5.41) is 4.09. The minimum absolute atomic E-state index is 0.0236. The smallest absolute Gasteiger partial charge is 0.258 e. The Morgan fingerprint density at radius 1 is 1.08 bits per heavy atom. The number of rotatable bonds is 5. The summed E-state index contributed by atoms with van der Waals surface area (Å²) in [6, 6.07) is 16.1. The molecule has 1 N–H and O–H groups in total. The molecule has 0 saturated heterocycles. The van der Waals surface area contributed by atoms with E-state index < -0.39 is 0 Å². The molecule has 0 aliphatic heterocycles. The average molecular weight is 322 g/mol. The van der Waals surface area contributed by atoms with Crippen molar-refractivity contribution in [2.75, 3.05) is 6.61 Å². The van der Waals surface area contributed by atoms with Crippen molar-refractivity contribution in [3.8, 4) is 5.75 Å². The van der Waals surface area contributed by atoms with Gasteiger partial charge in [-0.3, -0.25) is 4.79 Å². The maximum absolute atomic E-state index is 11.9. The summed E-state index contributed by atoms with van der Waals surface area (Å²) in [6.07, 6.45) is 0. The second kappa shape index (κ2) is 6.79. The average Bonchev–Trinajstić information content (AvgIpc) is 2.86. The van der Waals surface area contributed by atoms with Gasteiger partial charge in [0.25, 0.3) is 5.91 Å². The number of nitrogens with zero attached hydrogens (tertiary/aromatic N) is 1. The summed E-state index contributed by atoms with van der Waals surface area (Å²) in [7, 11) is 2.06. The van der Waals surface area contributed by atoms with E-state index in [1.807, 2.05) is 37.3 Å². The normalized spacial score (nSPS) is 10.8. The topological polar surface area (TPSA) is 43.3 Å². The summed E-state index contributed by atoms with van der Waals surface area (Å²) >= 11 is 0. The lowest BCUT2D eigenvalue weighted by Gasteiger charge is -2.08. The maximum Gasteiger partial charge on any atom is 0.258 e. The van der Waals surface area contributed by atoms with Crippen molar-refractivity contribution in [1.29, 1.82) is 0 Å². The number of amides is 1. The van der Waals surface area contributed by atoms with Crippen LogP contribution in [-0.4, -0.2) is 17.1 Å². The van der Waals surface area contributed by atoms with Crippen molar-refractivity contribution in [1.82, 2.24) is 9.88 Å². The second-order valence-electron chi connectivity index (χ2n) is 6.12. The number of aromatic nitrogens is 1. The van der Waals surface area contributed by atoms with E-state index in [1.54, 1.807) is 0 Å². The highest BCUT2D eigenvalue weighted by Crippen LogP contribution is 2.19. The Bertz CT molecular complexity index is 863. The van der Waals surface area contributed by atoms with Crippen LogP contribution >= 0.6 is 0 Å². The predicted molar refractivity (Wildman–Crippen MR) is 96.2 cm³/mol. The molecule has 124 valence electrons. The van der Waals surface area contributed by atoms with Crippen molar-refractivity contribution >= 4 is 16.8 Å². The van der Waals surface area contributed by atoms with Crippen LogP contribution in [0.1, 0.15) is 16.8 Å². The molecule has 0 aliphatic carbocycles. The Balaban J connectivity index is 1.55. The highest BCUT2D eigenvalue weighted by Gasteiger charge is 2.06. The number of carbonyl (C=O) groups is 1. The van der Waals surface area contributed by atoms with Crippen molar-refractivity contribution in [3.63, 3.8) is 0 Å². The first-order chi connectivity index (χ1) is 11.5. The molecule has 0 fully saturated rings. The van der Waals surface area contributed by atoms with Crippen LogP contribution in [0, 0.1) is 13.8 Å². The minimum Gasteiger partial charge on any atom is -0.484 e. The van der Waals surface area contributed by atoms with Crippen LogP contribution in [0.2, 0.25) is 0 Å². The molecule has 0 radical (unpaired) electrons. The molecule has 3 rings (SSSR count). The van der Waals surface area contributed by atoms with Crippen LogP contribution in [0.3, 0.4) is 0 Å². The zero-order valence-corrected chi connectivity index (χ0v) is 14.3. The fourth-order valence-electron chi connectivity index (χ4n) is 2.68. The van der Waals surface area contributed by atoms with Gasteiger partial charge in [-0.1, -0.05) is 23.8 Å². The molecule has 0 atom stereocenters. The molecule has 0 unspecified atom stereocenters. The Morgan fingerprint density at radius 2 is 1.83 bits per heavy atom. The van der Waals surface area contributed by atoms with Crippen LogP contribution in [0.25, 0.3) is 10.9 Å². The number of nitrogens with one attached hydrogen (secondary N) is 1. The van der Waals surface area contributed by atoms with Gasteiger partial charge in [0.2, 0.25) is 0 Å². The van der Waals surface area contributed by atoms with Gasteiger partial charge in [-0.2, -0.15) is 0 Å². The number of aryl methyl sites for hydroxylation is 3. The van der Waals surface area contributed by atoms with Crippen LogP contribution in [-0.2, 0) is 18.4 Å². The molecular weight excluding hydrogens is 300 g/mol. The van der Waals surface area contributed by atoms with Crippen molar-refractivity contribution in [2.24, 2.45) is 7.05 Å². The number of fused-ring (bicyclic) bond motifs is 1. The zero-order chi connectivity index (χ0) is 17.1. The molecule has 0 bridgehead atoms. The molecule has 0 aliphatic rings. The first kappa shape index (κ1) is 16.1. The maximum atomic E-state index is 11.9. The first-order valence-corrected chi connectivity index (χ1v) is 8.04.